The predicted octanol–water partition coefficient (Wildman–Crippen LogP) is 3.21. The summed E-state index contributed by atoms with van der Waals surface area (Å²) in [4.78, 5) is 17.7. The number of carbonyl (C=O) groups excluding carboxylic acids is 1. The van der Waals surface area contributed by atoms with Crippen molar-refractivity contribution in [2.24, 2.45) is 0 Å². The maximum absolute atomic E-state index is 12.2. The molecule has 1 heterocycles. The highest BCUT2D eigenvalue weighted by Crippen LogP contribution is 2.17. The molecule has 0 spiro atoms. The number of hydroxylamine groups is 2. The van der Waals surface area contributed by atoms with E-state index < -0.39 is 0 Å². The summed E-state index contributed by atoms with van der Waals surface area (Å²) in [6, 6.07) is 17.3. The highest BCUT2D eigenvalue weighted by Gasteiger charge is 2.19. The number of para-hydroxylation sites is 1. The molecule has 4 heteroatoms. The van der Waals surface area contributed by atoms with Crippen LogP contribution in [0.3, 0.4) is 0 Å². The molecule has 0 saturated carbocycles. The summed E-state index contributed by atoms with van der Waals surface area (Å²) in [7, 11) is 0. The SMILES string of the molecule is O=C(Nc1ccccc1)N1CCc2ccccc2CO1. The first-order valence-electron chi connectivity index (χ1n) is 6.66. The van der Waals surface area contributed by atoms with Crippen molar-refractivity contribution in [2.75, 3.05) is 11.9 Å². The number of amides is 2. The topological polar surface area (TPSA) is 41.6 Å². The van der Waals surface area contributed by atoms with Gasteiger partial charge in [0, 0.05) is 5.69 Å². The first-order valence-corrected chi connectivity index (χ1v) is 6.66. The second-order valence-electron chi connectivity index (χ2n) is 4.69. The van der Waals surface area contributed by atoms with Gasteiger partial charge in [0.05, 0.1) is 6.54 Å². The number of anilines is 1. The van der Waals surface area contributed by atoms with Crippen molar-refractivity contribution in [1.29, 1.82) is 0 Å². The van der Waals surface area contributed by atoms with Gasteiger partial charge in [-0.1, -0.05) is 42.5 Å². The van der Waals surface area contributed by atoms with Gasteiger partial charge in [0.15, 0.2) is 0 Å². The number of rotatable bonds is 1. The van der Waals surface area contributed by atoms with Gasteiger partial charge in [-0.2, -0.15) is 0 Å². The first-order chi connectivity index (χ1) is 9.83. The molecule has 20 heavy (non-hydrogen) atoms. The van der Waals surface area contributed by atoms with E-state index in [1.807, 2.05) is 48.5 Å². The van der Waals surface area contributed by atoms with Crippen LogP contribution in [0.25, 0.3) is 0 Å². The van der Waals surface area contributed by atoms with Gasteiger partial charge >= 0.3 is 6.03 Å². The summed E-state index contributed by atoms with van der Waals surface area (Å²) in [6.45, 7) is 0.980. The van der Waals surface area contributed by atoms with Crippen LogP contribution in [0.5, 0.6) is 0 Å². The quantitative estimate of drug-likeness (QED) is 0.863. The Bertz CT molecular complexity index is 571. The molecule has 1 aliphatic heterocycles. The normalized spacial score (nSPS) is 14.3. The van der Waals surface area contributed by atoms with Gasteiger partial charge in [-0.15, -0.1) is 0 Å². The molecule has 0 aromatic heterocycles. The Hall–Kier alpha value is -2.33. The molecule has 0 saturated heterocycles. The highest BCUT2D eigenvalue weighted by atomic mass is 16.7. The van der Waals surface area contributed by atoms with Crippen molar-refractivity contribution in [2.45, 2.75) is 13.0 Å². The lowest BCUT2D eigenvalue weighted by atomic mass is 10.1. The molecule has 1 N–H and O–H groups in total. The maximum Gasteiger partial charge on any atom is 0.345 e. The van der Waals surface area contributed by atoms with Crippen molar-refractivity contribution in [1.82, 2.24) is 5.06 Å². The number of hydrogen-bond donors (Lipinski definition) is 1. The molecule has 2 aromatic rings. The summed E-state index contributed by atoms with van der Waals surface area (Å²) < 4.78 is 0. The molecule has 0 atom stereocenters. The number of urea groups is 1. The van der Waals surface area contributed by atoms with Gasteiger partial charge in [0.25, 0.3) is 0 Å². The molecule has 3 rings (SSSR count). The van der Waals surface area contributed by atoms with E-state index in [0.29, 0.717) is 13.2 Å². The van der Waals surface area contributed by atoms with Gasteiger partial charge in [-0.05, 0) is 29.7 Å². The Balaban J connectivity index is 1.66. The van der Waals surface area contributed by atoms with E-state index in [-0.39, 0.29) is 6.03 Å². The highest BCUT2D eigenvalue weighted by molar-refractivity contribution is 5.88. The van der Waals surface area contributed by atoms with Crippen molar-refractivity contribution < 1.29 is 9.63 Å². The predicted molar refractivity (Wildman–Crippen MR) is 77.1 cm³/mol. The van der Waals surface area contributed by atoms with Crippen molar-refractivity contribution in [3.63, 3.8) is 0 Å². The summed E-state index contributed by atoms with van der Waals surface area (Å²) >= 11 is 0. The molecule has 0 unspecified atom stereocenters. The van der Waals surface area contributed by atoms with E-state index in [1.165, 1.54) is 10.6 Å². The largest absolute Gasteiger partial charge is 0.345 e. The molecule has 102 valence electrons. The summed E-state index contributed by atoms with van der Waals surface area (Å²) in [6.07, 6.45) is 0.804. The zero-order chi connectivity index (χ0) is 13.8. The third-order valence-electron chi connectivity index (χ3n) is 3.33. The fourth-order valence-corrected chi connectivity index (χ4v) is 2.24. The van der Waals surface area contributed by atoms with Crippen LogP contribution in [-0.2, 0) is 17.9 Å². The monoisotopic (exact) mass is 268 g/mol. The van der Waals surface area contributed by atoms with E-state index in [0.717, 1.165) is 17.7 Å². The molecule has 0 fully saturated rings. The maximum atomic E-state index is 12.2. The molecule has 2 aromatic carbocycles. The summed E-state index contributed by atoms with van der Waals surface area (Å²) in [5, 5.41) is 4.22. The second kappa shape index (κ2) is 5.75. The van der Waals surface area contributed by atoms with Crippen molar-refractivity contribution in [3.8, 4) is 0 Å². The average Bonchev–Trinajstić information content (AvgIpc) is 2.71. The average molecular weight is 268 g/mol. The van der Waals surface area contributed by atoms with Crippen LogP contribution in [0.4, 0.5) is 10.5 Å². The molecule has 1 aliphatic rings. The van der Waals surface area contributed by atoms with Crippen LogP contribution in [0, 0.1) is 0 Å². The van der Waals surface area contributed by atoms with Gasteiger partial charge in [0.1, 0.15) is 6.61 Å². The van der Waals surface area contributed by atoms with Gasteiger partial charge < -0.3 is 5.32 Å². The first kappa shape index (κ1) is 12.7. The number of fused-ring (bicyclic) bond motifs is 1. The van der Waals surface area contributed by atoms with Gasteiger partial charge in [-0.25, -0.2) is 9.86 Å². The van der Waals surface area contributed by atoms with Crippen LogP contribution in [-0.4, -0.2) is 17.6 Å². The third kappa shape index (κ3) is 2.81. The lowest BCUT2D eigenvalue weighted by Crippen LogP contribution is -2.35. The Morgan fingerprint density at radius 2 is 1.70 bits per heavy atom. The van der Waals surface area contributed by atoms with Crippen LogP contribution in [0.1, 0.15) is 11.1 Å². The lowest BCUT2D eigenvalue weighted by Gasteiger charge is -2.19. The fourth-order valence-electron chi connectivity index (χ4n) is 2.24. The number of hydrogen-bond acceptors (Lipinski definition) is 2. The van der Waals surface area contributed by atoms with Crippen molar-refractivity contribution in [3.05, 3.63) is 65.7 Å². The van der Waals surface area contributed by atoms with E-state index in [2.05, 4.69) is 11.4 Å². The summed E-state index contributed by atoms with van der Waals surface area (Å²) in [5.41, 5.74) is 3.15. The van der Waals surface area contributed by atoms with Crippen LogP contribution in [0.2, 0.25) is 0 Å². The number of nitrogens with one attached hydrogen (secondary N) is 1. The Morgan fingerprint density at radius 1 is 1.00 bits per heavy atom. The van der Waals surface area contributed by atoms with E-state index in [9.17, 15) is 4.79 Å². The minimum Gasteiger partial charge on any atom is -0.306 e. The lowest BCUT2D eigenvalue weighted by molar-refractivity contribution is -0.119. The van der Waals surface area contributed by atoms with Crippen LogP contribution in [0.15, 0.2) is 54.6 Å². The zero-order valence-electron chi connectivity index (χ0n) is 11.1. The Labute approximate surface area is 117 Å². The molecular weight excluding hydrogens is 252 g/mol. The molecule has 2 amide bonds. The Morgan fingerprint density at radius 3 is 2.50 bits per heavy atom. The van der Waals surface area contributed by atoms with E-state index in [1.54, 1.807) is 0 Å². The van der Waals surface area contributed by atoms with E-state index >= 15 is 0 Å². The van der Waals surface area contributed by atoms with Gasteiger partial charge in [-0.3, -0.25) is 4.84 Å². The molecule has 0 aliphatic carbocycles. The minimum atomic E-state index is -0.232. The number of nitrogens with zero attached hydrogens (tertiary/aromatic N) is 1. The molecular formula is C16H16N2O2. The van der Waals surface area contributed by atoms with Crippen LogP contribution < -0.4 is 5.32 Å². The van der Waals surface area contributed by atoms with Crippen LogP contribution >= 0.6 is 0 Å². The third-order valence-corrected chi connectivity index (χ3v) is 3.33. The van der Waals surface area contributed by atoms with E-state index in [4.69, 9.17) is 4.84 Å². The molecule has 0 radical (unpaired) electrons. The number of carbonyl (C=O) groups is 1. The molecule has 0 bridgehead atoms. The standard InChI is InChI=1S/C16H16N2O2/c19-16(17-15-8-2-1-3-9-15)18-11-10-13-6-4-5-7-14(13)12-20-18/h1-9H,10-12H2,(H,17,19). The molecule has 4 nitrogen and oxygen atoms in total. The minimum absolute atomic E-state index is 0.232. The van der Waals surface area contributed by atoms with Crippen molar-refractivity contribution >= 4 is 11.7 Å². The zero-order valence-corrected chi connectivity index (χ0v) is 11.1. The van der Waals surface area contributed by atoms with Gasteiger partial charge in [0.2, 0.25) is 0 Å². The smallest absolute Gasteiger partial charge is 0.306 e. The fraction of sp³-hybridized carbons (Fsp3) is 0.188. The second-order valence-corrected chi connectivity index (χ2v) is 4.69. The number of benzene rings is 2. The Kier molecular flexibility index (Phi) is 3.65. The summed E-state index contributed by atoms with van der Waals surface area (Å²) in [5.74, 6) is 0.